The zero-order valence-corrected chi connectivity index (χ0v) is 24.0. The number of hydrogen-bond acceptors (Lipinski definition) is 5. The first-order valence-electron chi connectivity index (χ1n) is 13.0. The second-order valence-corrected chi connectivity index (χ2v) is 11.8. The lowest BCUT2D eigenvalue weighted by molar-refractivity contribution is -0.199. The molecule has 1 N–H and O–H groups in total. The molecule has 9 heteroatoms. The molecule has 1 aliphatic heterocycles. The van der Waals surface area contributed by atoms with Gasteiger partial charge < -0.3 is 24.2 Å². The molecule has 0 spiro atoms. The number of hydrogen-bond donors (Lipinski definition) is 1. The molecule has 0 aromatic heterocycles. The second kappa shape index (κ2) is 11.5. The molecule has 2 aliphatic rings. The van der Waals surface area contributed by atoms with Crippen LogP contribution in [0, 0.1) is 29.2 Å². The fourth-order valence-corrected chi connectivity index (χ4v) is 6.53. The second-order valence-electron chi connectivity index (χ2n) is 11.4. The monoisotopic (exact) mass is 564 g/mol. The maximum atomic E-state index is 13.5. The Bertz CT molecular complexity index is 1400. The van der Waals surface area contributed by atoms with E-state index < -0.39 is 5.97 Å². The molecule has 1 atom stereocenters. The number of carbonyl (C=O) groups excluding carboxylic acids is 1. The number of carboxylic acid groups (broad SMARTS) is 1. The van der Waals surface area contributed by atoms with Crippen LogP contribution >= 0.6 is 11.6 Å². The van der Waals surface area contributed by atoms with Gasteiger partial charge in [-0.15, -0.1) is 0 Å². The molecule has 1 fully saturated rings. The summed E-state index contributed by atoms with van der Waals surface area (Å²) in [5.41, 5.74) is 2.12. The Kier molecular flexibility index (Phi) is 8.46. The lowest BCUT2D eigenvalue weighted by Crippen LogP contribution is -2.74. The Hall–Kier alpha value is -3.56. The van der Waals surface area contributed by atoms with Gasteiger partial charge in [0.25, 0.3) is 5.91 Å². The number of rotatable bonds is 9. The number of amides is 1. The number of benzene rings is 2. The van der Waals surface area contributed by atoms with Gasteiger partial charge in [-0.2, -0.15) is 0 Å². The summed E-state index contributed by atoms with van der Waals surface area (Å²) >= 11 is 6.23. The van der Waals surface area contributed by atoms with Gasteiger partial charge in [0.2, 0.25) is 5.69 Å². The summed E-state index contributed by atoms with van der Waals surface area (Å²) in [5.74, 6) is 5.64. The van der Waals surface area contributed by atoms with E-state index in [4.69, 9.17) is 37.5 Å². The Morgan fingerprint density at radius 1 is 1.23 bits per heavy atom. The maximum Gasteiger partial charge on any atom is 0.329 e. The van der Waals surface area contributed by atoms with Gasteiger partial charge in [-0.1, -0.05) is 57.2 Å². The van der Waals surface area contributed by atoms with Crippen molar-refractivity contribution in [2.75, 3.05) is 19.8 Å². The van der Waals surface area contributed by atoms with E-state index in [1.165, 1.54) is 0 Å². The average Bonchev–Trinajstić information content (AvgIpc) is 3.19. The van der Waals surface area contributed by atoms with Crippen LogP contribution in [0.5, 0.6) is 5.75 Å². The number of aliphatic carboxylic acids is 1. The quantitative estimate of drug-likeness (QED) is 0.316. The molecule has 1 aliphatic carbocycles. The van der Waals surface area contributed by atoms with Crippen molar-refractivity contribution in [3.8, 4) is 17.6 Å². The van der Waals surface area contributed by atoms with Crippen molar-refractivity contribution in [3.05, 3.63) is 69.5 Å². The molecule has 4 rings (SSSR count). The number of carbonyl (C=O) groups is 2. The van der Waals surface area contributed by atoms with Crippen molar-refractivity contribution in [1.82, 2.24) is 4.90 Å². The van der Waals surface area contributed by atoms with Gasteiger partial charge in [0, 0.05) is 34.5 Å². The van der Waals surface area contributed by atoms with E-state index in [0.717, 1.165) is 11.1 Å². The minimum atomic E-state index is -1.02. The van der Waals surface area contributed by atoms with Gasteiger partial charge in [-0.05, 0) is 42.8 Å². The average molecular weight is 565 g/mol. The van der Waals surface area contributed by atoms with Crippen LogP contribution in [0.4, 0.5) is 5.69 Å². The summed E-state index contributed by atoms with van der Waals surface area (Å²) in [7, 11) is 0. The van der Waals surface area contributed by atoms with E-state index in [1.807, 2.05) is 23.1 Å². The Balaban J connectivity index is 1.41. The zero-order chi connectivity index (χ0) is 29.2. The molecular formula is C31H33ClN2O6. The Morgan fingerprint density at radius 2 is 1.95 bits per heavy atom. The molecule has 1 unspecified atom stereocenters. The van der Waals surface area contributed by atoms with Crippen LogP contribution in [0.15, 0.2) is 36.4 Å². The van der Waals surface area contributed by atoms with Gasteiger partial charge in [0.1, 0.15) is 25.1 Å². The number of halogens is 1. The van der Waals surface area contributed by atoms with Gasteiger partial charge in [0.15, 0.2) is 0 Å². The van der Waals surface area contributed by atoms with Gasteiger partial charge in [-0.25, -0.2) is 9.64 Å². The molecule has 1 saturated carbocycles. The number of ether oxygens (including phenoxy) is 3. The molecule has 2 aromatic carbocycles. The van der Waals surface area contributed by atoms with Gasteiger partial charge >= 0.3 is 5.97 Å². The van der Waals surface area contributed by atoms with E-state index in [-0.39, 0.29) is 54.8 Å². The third kappa shape index (κ3) is 5.81. The van der Waals surface area contributed by atoms with E-state index in [1.54, 1.807) is 25.1 Å². The largest absolute Gasteiger partial charge is 0.489 e. The lowest BCUT2D eigenvalue weighted by Gasteiger charge is -2.65. The SMILES string of the molecule is [C-]#[N+]c1ccc(OC2C(C)(C)C(N3Cc4cc(C#CCOC(C)COCC(=O)O)ccc4C3=O)C2(C)C)cc1Cl. The van der Waals surface area contributed by atoms with E-state index in [0.29, 0.717) is 28.6 Å². The molecule has 0 radical (unpaired) electrons. The van der Waals surface area contributed by atoms with Crippen LogP contribution in [-0.2, 0) is 20.8 Å². The molecule has 0 bridgehead atoms. The highest BCUT2D eigenvalue weighted by Gasteiger charge is 2.66. The van der Waals surface area contributed by atoms with Crippen LogP contribution in [0.2, 0.25) is 5.02 Å². The van der Waals surface area contributed by atoms with Crippen LogP contribution in [0.3, 0.4) is 0 Å². The smallest absolute Gasteiger partial charge is 0.329 e. The molecule has 8 nitrogen and oxygen atoms in total. The molecule has 2 aromatic rings. The van der Waals surface area contributed by atoms with Crippen LogP contribution in [0.25, 0.3) is 4.85 Å². The normalized spacial score (nSPS) is 20.9. The molecule has 210 valence electrons. The topological polar surface area (TPSA) is 89.7 Å². The number of carboxylic acids is 1. The first-order chi connectivity index (χ1) is 18.9. The summed E-state index contributed by atoms with van der Waals surface area (Å²) in [5, 5.41) is 8.98. The zero-order valence-electron chi connectivity index (χ0n) is 23.3. The highest BCUT2D eigenvalue weighted by molar-refractivity contribution is 6.33. The summed E-state index contributed by atoms with van der Waals surface area (Å²) < 4.78 is 17.0. The van der Waals surface area contributed by atoms with Crippen LogP contribution < -0.4 is 4.74 Å². The minimum Gasteiger partial charge on any atom is -0.489 e. The van der Waals surface area contributed by atoms with E-state index >= 15 is 0 Å². The molecular weight excluding hydrogens is 532 g/mol. The van der Waals surface area contributed by atoms with Crippen molar-refractivity contribution in [3.63, 3.8) is 0 Å². The molecule has 1 heterocycles. The first-order valence-corrected chi connectivity index (χ1v) is 13.4. The third-order valence-corrected chi connectivity index (χ3v) is 7.86. The molecule has 1 amide bonds. The van der Waals surface area contributed by atoms with Gasteiger partial charge in [-0.3, -0.25) is 4.79 Å². The summed E-state index contributed by atoms with van der Waals surface area (Å²) in [4.78, 5) is 29.4. The predicted octanol–water partition coefficient (Wildman–Crippen LogP) is 5.59. The lowest BCUT2D eigenvalue weighted by atomic mass is 9.49. The number of nitrogens with zero attached hydrogens (tertiary/aromatic N) is 2. The van der Waals surface area contributed by atoms with E-state index in [2.05, 4.69) is 44.4 Å². The Labute approximate surface area is 240 Å². The van der Waals surface area contributed by atoms with Crippen molar-refractivity contribution < 1.29 is 28.9 Å². The summed E-state index contributed by atoms with van der Waals surface area (Å²) in [6.07, 6.45) is -0.452. The van der Waals surface area contributed by atoms with E-state index in [9.17, 15) is 9.59 Å². The fourth-order valence-electron chi connectivity index (χ4n) is 6.31. The fraction of sp³-hybridized carbons (Fsp3) is 0.452. The maximum absolute atomic E-state index is 13.5. The van der Waals surface area contributed by atoms with Crippen molar-refractivity contribution in [2.24, 2.45) is 10.8 Å². The predicted molar refractivity (Wildman–Crippen MR) is 151 cm³/mol. The Morgan fingerprint density at radius 3 is 2.60 bits per heavy atom. The highest BCUT2D eigenvalue weighted by Crippen LogP contribution is 2.59. The minimum absolute atomic E-state index is 0.00193. The standard InChI is InChI=1S/C31H33ClN2O6/c1-19(17-38-18-26(35)36)39-13-7-8-20-9-11-23-21(14-20)16-34(27(23)37)28-30(2,3)29(31(28,4)5)40-22-10-12-25(33-6)24(32)15-22/h9-12,14-15,19,28-29H,13,16-18H2,1-5H3,(H,35,36). The van der Waals surface area contributed by atoms with Crippen LogP contribution in [-0.4, -0.2) is 60.0 Å². The van der Waals surface area contributed by atoms with Crippen LogP contribution in [0.1, 0.15) is 56.1 Å². The summed E-state index contributed by atoms with van der Waals surface area (Å²) in [6.45, 7) is 17.9. The summed E-state index contributed by atoms with van der Waals surface area (Å²) in [6, 6.07) is 10.7. The number of fused-ring (bicyclic) bond motifs is 1. The van der Waals surface area contributed by atoms with Gasteiger partial charge in [0.05, 0.1) is 24.3 Å². The van der Waals surface area contributed by atoms with Crippen molar-refractivity contribution in [1.29, 1.82) is 0 Å². The van der Waals surface area contributed by atoms with Crippen molar-refractivity contribution in [2.45, 2.75) is 59.4 Å². The first kappa shape index (κ1) is 29.4. The molecule has 40 heavy (non-hydrogen) atoms. The highest BCUT2D eigenvalue weighted by atomic mass is 35.5. The molecule has 0 saturated heterocycles. The third-order valence-electron chi connectivity index (χ3n) is 7.55. The van der Waals surface area contributed by atoms with Crippen molar-refractivity contribution >= 4 is 29.2 Å².